The molecule has 1 aromatic rings. The minimum Gasteiger partial charge on any atom is -0.497 e. The Morgan fingerprint density at radius 1 is 1.03 bits per heavy atom. The molecule has 0 spiro atoms. The zero-order valence-corrected chi connectivity index (χ0v) is 23.9. The predicted molar refractivity (Wildman–Crippen MR) is 147 cm³/mol. The summed E-state index contributed by atoms with van der Waals surface area (Å²) in [6.45, 7) is 1.28. The maximum atomic E-state index is 13.5. The van der Waals surface area contributed by atoms with Gasteiger partial charge in [-0.15, -0.1) is 0 Å². The molecule has 3 aliphatic rings. The van der Waals surface area contributed by atoms with Crippen molar-refractivity contribution in [2.45, 2.75) is 75.4 Å². The lowest BCUT2D eigenvalue weighted by Gasteiger charge is -2.34. The molecule has 0 unspecified atom stereocenters. The summed E-state index contributed by atoms with van der Waals surface area (Å²) in [5.74, 6) is 1.60. The van der Waals surface area contributed by atoms with E-state index < -0.39 is 16.3 Å². The summed E-state index contributed by atoms with van der Waals surface area (Å²) in [5.41, 5.74) is 0. The van der Waals surface area contributed by atoms with Gasteiger partial charge in [0.15, 0.2) is 5.76 Å². The van der Waals surface area contributed by atoms with Crippen LogP contribution in [0.5, 0.6) is 5.75 Å². The zero-order valence-electron chi connectivity index (χ0n) is 23.1. The van der Waals surface area contributed by atoms with Crippen LogP contribution in [0, 0.1) is 11.8 Å². The number of carbonyl (C=O) groups excluding carboxylic acids is 1. The smallest absolute Gasteiger partial charge is 0.288 e. The predicted octanol–water partition coefficient (Wildman–Crippen LogP) is 3.92. The molecule has 2 fully saturated rings. The van der Waals surface area contributed by atoms with Gasteiger partial charge < -0.3 is 24.2 Å². The van der Waals surface area contributed by atoms with Crippen LogP contribution in [-0.4, -0.2) is 81.4 Å². The van der Waals surface area contributed by atoms with E-state index in [2.05, 4.69) is 0 Å². The number of nitrogens with zero attached hydrogens (tertiary/aromatic N) is 2. The molecule has 1 saturated heterocycles. The highest BCUT2D eigenvalue weighted by Gasteiger charge is 2.35. The summed E-state index contributed by atoms with van der Waals surface area (Å²) in [6, 6.07) is 6.17. The van der Waals surface area contributed by atoms with Crippen LogP contribution in [-0.2, 0) is 24.3 Å². The lowest BCUT2D eigenvalue weighted by atomic mass is 9.86. The molecule has 39 heavy (non-hydrogen) atoms. The number of hydrogen-bond donors (Lipinski definition) is 1. The Kier molecular flexibility index (Phi) is 11.1. The van der Waals surface area contributed by atoms with Crippen LogP contribution in [0.15, 0.2) is 41.0 Å². The van der Waals surface area contributed by atoms with Crippen molar-refractivity contribution in [1.29, 1.82) is 0 Å². The largest absolute Gasteiger partial charge is 0.497 e. The van der Waals surface area contributed by atoms with Crippen LogP contribution in [0.25, 0.3) is 0 Å². The first-order valence-electron chi connectivity index (χ1n) is 14.5. The summed E-state index contributed by atoms with van der Waals surface area (Å²) in [4.78, 5) is 15.5. The van der Waals surface area contributed by atoms with Gasteiger partial charge >= 0.3 is 0 Å². The van der Waals surface area contributed by atoms with E-state index in [1.807, 2.05) is 11.0 Å². The van der Waals surface area contributed by atoms with E-state index in [1.54, 1.807) is 12.1 Å². The van der Waals surface area contributed by atoms with Crippen LogP contribution < -0.4 is 4.74 Å². The van der Waals surface area contributed by atoms with Crippen LogP contribution >= 0.6 is 0 Å². The normalized spacial score (nSPS) is 23.2. The fourth-order valence-electron chi connectivity index (χ4n) is 5.90. The lowest BCUT2D eigenvalue weighted by Crippen LogP contribution is -2.40. The first kappa shape index (κ1) is 29.8. The highest BCUT2D eigenvalue weighted by molar-refractivity contribution is 7.89. The minimum atomic E-state index is -3.84. The Labute approximate surface area is 233 Å². The fraction of sp³-hybridized carbons (Fsp3) is 0.690. The Bertz CT molecular complexity index is 1050. The van der Waals surface area contributed by atoms with E-state index in [-0.39, 0.29) is 43.0 Å². The van der Waals surface area contributed by atoms with Gasteiger partial charge in [-0.05, 0) is 67.9 Å². The summed E-state index contributed by atoms with van der Waals surface area (Å²) in [7, 11) is -2.31. The monoisotopic (exact) mass is 564 g/mol. The maximum absolute atomic E-state index is 13.5. The number of rotatable bonds is 11. The van der Waals surface area contributed by atoms with Crippen LogP contribution in [0.3, 0.4) is 0 Å². The first-order chi connectivity index (χ1) is 18.9. The Hall–Kier alpha value is -2.14. The van der Waals surface area contributed by atoms with Crippen molar-refractivity contribution in [2.24, 2.45) is 11.8 Å². The second-order valence-electron chi connectivity index (χ2n) is 10.8. The van der Waals surface area contributed by atoms with Gasteiger partial charge in [0.2, 0.25) is 16.3 Å². The number of amides is 1. The van der Waals surface area contributed by atoms with E-state index in [1.165, 1.54) is 42.8 Å². The molecule has 1 amide bonds. The van der Waals surface area contributed by atoms with Crippen LogP contribution in [0.1, 0.15) is 64.2 Å². The summed E-state index contributed by atoms with van der Waals surface area (Å²) in [6.07, 6.45) is 12.3. The summed E-state index contributed by atoms with van der Waals surface area (Å²) < 4.78 is 45.0. The number of sulfonamides is 1. The third-order valence-electron chi connectivity index (χ3n) is 8.14. The second kappa shape index (κ2) is 14.5. The Morgan fingerprint density at radius 2 is 1.69 bits per heavy atom. The molecule has 10 heteroatoms. The number of aliphatic hydroxyl groups excluding tert-OH is 1. The second-order valence-corrected chi connectivity index (χ2v) is 12.7. The summed E-state index contributed by atoms with van der Waals surface area (Å²) in [5, 5.41) is 9.55. The van der Waals surface area contributed by atoms with E-state index in [9.17, 15) is 18.3 Å². The number of likely N-dealkylation sites (tertiary alicyclic amines) is 1. The number of carbonyl (C=O) groups is 1. The van der Waals surface area contributed by atoms with E-state index in [0.29, 0.717) is 23.8 Å². The molecule has 1 N–H and O–H groups in total. The molecule has 218 valence electrons. The van der Waals surface area contributed by atoms with Gasteiger partial charge in [-0.3, -0.25) is 4.79 Å². The van der Waals surface area contributed by atoms with Gasteiger partial charge in [0.05, 0.1) is 25.2 Å². The van der Waals surface area contributed by atoms with Gasteiger partial charge in [0.25, 0.3) is 5.91 Å². The van der Waals surface area contributed by atoms with Gasteiger partial charge in [-0.1, -0.05) is 32.1 Å². The summed E-state index contributed by atoms with van der Waals surface area (Å²) >= 11 is 0. The molecular weight excluding hydrogens is 520 g/mol. The van der Waals surface area contributed by atoms with Crippen LogP contribution in [0.2, 0.25) is 0 Å². The highest BCUT2D eigenvalue weighted by atomic mass is 32.2. The molecule has 2 atom stereocenters. The molecule has 1 aliphatic carbocycles. The number of benzene rings is 1. The molecule has 2 heterocycles. The third-order valence-corrected chi connectivity index (χ3v) is 10.1. The van der Waals surface area contributed by atoms with E-state index in [0.717, 1.165) is 51.6 Å². The zero-order chi connectivity index (χ0) is 27.7. The van der Waals surface area contributed by atoms with E-state index >= 15 is 0 Å². The van der Waals surface area contributed by atoms with Gasteiger partial charge in [-0.25, -0.2) is 8.42 Å². The first-order valence-corrected chi connectivity index (χ1v) is 15.9. The maximum Gasteiger partial charge on any atom is 0.288 e. The van der Waals surface area contributed by atoms with Crippen molar-refractivity contribution in [3.8, 4) is 5.75 Å². The van der Waals surface area contributed by atoms with Crippen LogP contribution in [0.4, 0.5) is 0 Å². The number of ether oxygens (including phenoxy) is 3. The van der Waals surface area contributed by atoms with Gasteiger partial charge in [0, 0.05) is 32.6 Å². The van der Waals surface area contributed by atoms with Crippen molar-refractivity contribution in [2.75, 3.05) is 46.5 Å². The fourth-order valence-corrected chi connectivity index (χ4v) is 7.32. The molecule has 0 bridgehead atoms. The molecular formula is C29H44N2O7S. The highest BCUT2D eigenvalue weighted by Crippen LogP contribution is 2.38. The molecule has 2 aliphatic heterocycles. The topological polar surface area (TPSA) is 106 Å². The average Bonchev–Trinajstić information content (AvgIpc) is 3.47. The number of aliphatic hydroxyl groups is 1. The Morgan fingerprint density at radius 3 is 2.33 bits per heavy atom. The number of allylic oxidation sites excluding steroid dienone is 1. The minimum absolute atomic E-state index is 0.0491. The van der Waals surface area contributed by atoms with Crippen molar-refractivity contribution in [3.63, 3.8) is 0 Å². The van der Waals surface area contributed by atoms with Crippen molar-refractivity contribution in [3.05, 3.63) is 36.1 Å². The van der Waals surface area contributed by atoms with E-state index in [4.69, 9.17) is 14.2 Å². The van der Waals surface area contributed by atoms with Crippen molar-refractivity contribution >= 4 is 15.9 Å². The molecule has 1 saturated carbocycles. The number of methoxy groups -OCH3 is 1. The van der Waals surface area contributed by atoms with Gasteiger partial charge in [0.1, 0.15) is 5.75 Å². The molecule has 9 nitrogen and oxygen atoms in total. The quantitative estimate of drug-likeness (QED) is 0.434. The average molecular weight is 565 g/mol. The van der Waals surface area contributed by atoms with Crippen molar-refractivity contribution < 1.29 is 32.5 Å². The lowest BCUT2D eigenvalue weighted by molar-refractivity contribution is -0.157. The SMILES string of the molecule is COc1ccc(S(=O)(=O)N(CCO)CCO[C@@H]2C[C@H](C3CCCC3)C=C(C(=O)N3CCCCCCC3)O2)cc1. The Balaban J connectivity index is 1.41. The molecule has 0 aromatic heterocycles. The molecule has 1 aromatic carbocycles. The molecule has 4 rings (SSSR count). The van der Waals surface area contributed by atoms with Crippen molar-refractivity contribution in [1.82, 2.24) is 9.21 Å². The third kappa shape index (κ3) is 7.96. The standard InChI is InChI=1S/C29H44N2O7S/c1-36-25-11-13-26(14-12-25)39(34,35)31(17-19-32)18-20-37-28-22-24(23-9-5-6-10-23)21-27(38-28)29(33)30-15-7-3-2-4-8-16-30/h11-14,21,23-24,28,32H,2-10,15-20,22H2,1H3/t24-,28+/m1/s1. The molecule has 0 radical (unpaired) electrons. The number of hydrogen-bond acceptors (Lipinski definition) is 7. The van der Waals surface area contributed by atoms with Gasteiger partial charge in [-0.2, -0.15) is 4.31 Å².